The van der Waals surface area contributed by atoms with Gasteiger partial charge in [-0.3, -0.25) is 0 Å². The second-order valence-corrected chi connectivity index (χ2v) is 41.7. The molecular formula is C22H54O8Si6. The fraction of sp³-hybridized carbons (Fsp3) is 0.909. The highest BCUT2D eigenvalue weighted by Gasteiger charge is 2.73. The molecule has 14 heteroatoms. The van der Waals surface area contributed by atoms with Crippen LogP contribution >= 0.6 is 0 Å². The van der Waals surface area contributed by atoms with Crippen LogP contribution in [0.3, 0.4) is 0 Å². The summed E-state index contributed by atoms with van der Waals surface area (Å²) in [4.78, 5) is 28.8. The molecule has 0 aromatic heterocycles. The number of hydrogen-bond acceptors (Lipinski definition) is 8. The Morgan fingerprint density at radius 1 is 0.361 bits per heavy atom. The first-order valence-corrected chi connectivity index (χ1v) is 33.1. The molecule has 0 spiro atoms. The average Bonchev–Trinajstić information content (AvgIpc) is 2.43. The summed E-state index contributed by atoms with van der Waals surface area (Å²) >= 11 is 0. The van der Waals surface area contributed by atoms with Crippen LogP contribution < -0.4 is 0 Å². The minimum Gasteiger partial charge on any atom is -0.516 e. The van der Waals surface area contributed by atoms with Crippen molar-refractivity contribution in [3.05, 3.63) is 0 Å². The molecule has 0 unspecified atom stereocenters. The fourth-order valence-corrected chi connectivity index (χ4v) is 9.20. The number of hydrogen-bond donors (Lipinski definition) is 0. The number of rotatable bonds is 13. The highest BCUT2D eigenvalue weighted by Crippen LogP contribution is 2.44. The maximum absolute atomic E-state index is 14.4. The van der Waals surface area contributed by atoms with Gasteiger partial charge in [0.25, 0.3) is 0 Å². The van der Waals surface area contributed by atoms with Gasteiger partial charge in [0.2, 0.25) is 16.6 Å². The maximum atomic E-state index is 14.4. The van der Waals surface area contributed by atoms with E-state index in [1.54, 1.807) is 0 Å². The molecule has 0 aliphatic rings. The van der Waals surface area contributed by atoms with Crippen LogP contribution in [-0.4, -0.2) is 73.4 Å². The summed E-state index contributed by atoms with van der Waals surface area (Å²) in [6.07, 6.45) is 0. The summed E-state index contributed by atoms with van der Waals surface area (Å²) < 4.78 is 39.0. The SMILES string of the molecule is C[Si](C)(C)OC(=O)C(O[Si](C)(C)C)(O[Si](C)(C)C)C(O[Si](C)(C)C)(O[Si](C)(C)C)C(=O)O[Si](C)(C)C. The summed E-state index contributed by atoms with van der Waals surface area (Å²) in [5.41, 5.74) is 0. The van der Waals surface area contributed by atoms with Crippen molar-refractivity contribution in [2.24, 2.45) is 0 Å². The molecule has 0 amide bonds. The quantitative estimate of drug-likeness (QED) is 0.171. The van der Waals surface area contributed by atoms with E-state index >= 15 is 0 Å². The first-order chi connectivity index (χ1) is 15.3. The molecule has 0 N–H and O–H groups in total. The fourth-order valence-electron chi connectivity index (χ4n) is 3.16. The van der Waals surface area contributed by atoms with Crippen LogP contribution in [0.15, 0.2) is 0 Å². The van der Waals surface area contributed by atoms with Gasteiger partial charge in [-0.05, 0) is 118 Å². The molecular weight excluding hydrogens is 561 g/mol. The summed E-state index contributed by atoms with van der Waals surface area (Å²) in [6, 6.07) is 0. The predicted octanol–water partition coefficient (Wildman–Crippen LogP) is 6.54. The van der Waals surface area contributed by atoms with E-state index in [1.165, 1.54) is 0 Å². The molecule has 0 bridgehead atoms. The van der Waals surface area contributed by atoms with E-state index in [0.717, 1.165) is 0 Å². The Kier molecular flexibility index (Phi) is 11.3. The Bertz CT molecular complexity index is 679. The van der Waals surface area contributed by atoms with E-state index in [4.69, 9.17) is 26.6 Å². The molecule has 0 fully saturated rings. The minimum atomic E-state index is -2.61. The summed E-state index contributed by atoms with van der Waals surface area (Å²) in [6.45, 7) is 34.7. The monoisotopic (exact) mass is 614 g/mol. The average molecular weight is 615 g/mol. The molecule has 0 atom stereocenters. The highest BCUT2D eigenvalue weighted by atomic mass is 28.4. The molecule has 0 heterocycles. The smallest absolute Gasteiger partial charge is 0.358 e. The normalized spacial score (nSPS) is 15.1. The summed E-state index contributed by atoms with van der Waals surface area (Å²) in [5.74, 6) is -6.12. The molecule has 36 heavy (non-hydrogen) atoms. The van der Waals surface area contributed by atoms with Crippen LogP contribution in [-0.2, 0) is 36.1 Å². The van der Waals surface area contributed by atoms with Gasteiger partial charge in [-0.15, -0.1) is 0 Å². The van der Waals surface area contributed by atoms with E-state index in [2.05, 4.69) is 0 Å². The van der Waals surface area contributed by atoms with Gasteiger partial charge in [-0.25, -0.2) is 9.59 Å². The Labute approximate surface area is 226 Å². The van der Waals surface area contributed by atoms with Gasteiger partial charge < -0.3 is 26.6 Å². The van der Waals surface area contributed by atoms with Crippen LogP contribution in [0.1, 0.15) is 0 Å². The molecule has 0 aliphatic heterocycles. The van der Waals surface area contributed by atoms with E-state index in [1.807, 2.05) is 118 Å². The lowest BCUT2D eigenvalue weighted by Gasteiger charge is -2.53. The first-order valence-electron chi connectivity index (χ1n) is 12.6. The topological polar surface area (TPSA) is 89.5 Å². The molecule has 0 aromatic carbocycles. The van der Waals surface area contributed by atoms with Crippen LogP contribution in [0.2, 0.25) is 118 Å². The van der Waals surface area contributed by atoms with Crippen molar-refractivity contribution in [1.82, 2.24) is 0 Å². The molecule has 0 radical (unpaired) electrons. The van der Waals surface area contributed by atoms with Crippen LogP contribution in [0.4, 0.5) is 0 Å². The molecule has 0 rings (SSSR count). The summed E-state index contributed by atoms with van der Waals surface area (Å²) in [7, 11) is -15.4. The zero-order valence-electron chi connectivity index (χ0n) is 26.3. The zero-order valence-corrected chi connectivity index (χ0v) is 32.3. The van der Waals surface area contributed by atoms with Crippen molar-refractivity contribution < 1.29 is 36.1 Å². The van der Waals surface area contributed by atoms with Gasteiger partial charge in [0, 0.05) is 0 Å². The predicted molar refractivity (Wildman–Crippen MR) is 162 cm³/mol. The molecule has 8 nitrogen and oxygen atoms in total. The van der Waals surface area contributed by atoms with Gasteiger partial charge in [0.05, 0.1) is 0 Å². The van der Waals surface area contributed by atoms with E-state index in [9.17, 15) is 9.59 Å². The maximum Gasteiger partial charge on any atom is 0.358 e. The van der Waals surface area contributed by atoms with Crippen molar-refractivity contribution in [2.45, 2.75) is 129 Å². The van der Waals surface area contributed by atoms with Crippen molar-refractivity contribution >= 4 is 61.8 Å². The Morgan fingerprint density at radius 3 is 0.639 bits per heavy atom. The Balaban J connectivity index is 8.01. The van der Waals surface area contributed by atoms with Crippen molar-refractivity contribution in [3.63, 3.8) is 0 Å². The largest absolute Gasteiger partial charge is 0.516 e. The third-order valence-corrected chi connectivity index (χ3v) is 8.76. The highest BCUT2D eigenvalue weighted by molar-refractivity contribution is 6.74. The second kappa shape index (κ2) is 11.3. The minimum absolute atomic E-state index is 0.782. The van der Waals surface area contributed by atoms with Gasteiger partial charge in [0.15, 0.2) is 33.3 Å². The third kappa shape index (κ3) is 12.3. The lowest BCUT2D eigenvalue weighted by molar-refractivity contribution is -0.302. The molecule has 0 saturated carbocycles. The third-order valence-electron chi connectivity index (χ3n) is 3.57. The zero-order chi connectivity index (χ0) is 29.4. The van der Waals surface area contributed by atoms with Gasteiger partial charge >= 0.3 is 23.5 Å². The lowest BCUT2D eigenvalue weighted by atomic mass is 10.1. The van der Waals surface area contributed by atoms with E-state index in [-0.39, 0.29) is 0 Å². The van der Waals surface area contributed by atoms with Gasteiger partial charge in [-0.1, -0.05) is 0 Å². The van der Waals surface area contributed by atoms with Crippen molar-refractivity contribution in [1.29, 1.82) is 0 Å². The van der Waals surface area contributed by atoms with Crippen LogP contribution in [0.25, 0.3) is 0 Å². The van der Waals surface area contributed by atoms with Crippen molar-refractivity contribution in [3.8, 4) is 0 Å². The molecule has 0 aromatic rings. The lowest BCUT2D eigenvalue weighted by Crippen LogP contribution is -2.77. The molecule has 214 valence electrons. The van der Waals surface area contributed by atoms with Crippen molar-refractivity contribution in [2.75, 3.05) is 0 Å². The number of carbonyl (C=O) groups is 2. The van der Waals surface area contributed by atoms with Gasteiger partial charge in [0.1, 0.15) is 0 Å². The molecule has 0 saturated heterocycles. The number of carbonyl (C=O) groups excluding carboxylic acids is 2. The van der Waals surface area contributed by atoms with Crippen LogP contribution in [0.5, 0.6) is 0 Å². The van der Waals surface area contributed by atoms with E-state index in [0.29, 0.717) is 0 Å². The summed E-state index contributed by atoms with van der Waals surface area (Å²) in [5, 5.41) is 0. The van der Waals surface area contributed by atoms with Gasteiger partial charge in [-0.2, -0.15) is 0 Å². The Morgan fingerprint density at radius 2 is 0.528 bits per heavy atom. The molecule has 0 aliphatic carbocycles. The standard InChI is InChI=1S/C22H54O8Si6/c1-31(2,3)25-19(23)21(27-33(7,8)9,28-34(10,11)12)22(29-35(13,14)15,30-36(16,17)18)20(24)26-32(4,5)6/h1-18H3. The Hall–Kier alpha value is 0.0813. The van der Waals surface area contributed by atoms with Crippen LogP contribution in [0, 0.1) is 0 Å². The first kappa shape index (κ1) is 36.1. The second-order valence-electron chi connectivity index (χ2n) is 15.1. The van der Waals surface area contributed by atoms with E-state index < -0.39 is 73.4 Å².